The summed E-state index contributed by atoms with van der Waals surface area (Å²) < 4.78 is 9.72. The number of fused-ring (bicyclic) bond motifs is 3. The summed E-state index contributed by atoms with van der Waals surface area (Å²) in [5, 5.41) is 1.50. The van der Waals surface area contributed by atoms with Gasteiger partial charge < -0.3 is 9.72 Å². The Morgan fingerprint density at radius 3 is 2.95 bits per heavy atom. The van der Waals surface area contributed by atoms with Gasteiger partial charge in [-0.3, -0.25) is 4.79 Å². The molecule has 3 rings (SSSR count). The van der Waals surface area contributed by atoms with Gasteiger partial charge in [0, 0.05) is 5.39 Å². The number of benzene rings is 1. The van der Waals surface area contributed by atoms with Gasteiger partial charge in [0.1, 0.15) is 0 Å². The standard InChI is InChI=1S/C13H10N2O3S/c1-6-10-11(19-15-6)8-4-3-7(13(17)18-2)5-9(8)14-12(10)16/h3-5H,1-2H3,(H,14,16). The first-order valence-electron chi connectivity index (χ1n) is 5.62. The van der Waals surface area contributed by atoms with E-state index in [0.717, 1.165) is 15.8 Å². The molecular formula is C13H10N2O3S. The summed E-state index contributed by atoms with van der Waals surface area (Å²) in [4.78, 5) is 26.3. The van der Waals surface area contributed by atoms with Crippen LogP contribution in [-0.4, -0.2) is 22.4 Å². The van der Waals surface area contributed by atoms with Crippen molar-refractivity contribution in [2.75, 3.05) is 7.11 Å². The molecule has 0 spiro atoms. The molecule has 0 atom stereocenters. The van der Waals surface area contributed by atoms with Crippen molar-refractivity contribution in [3.05, 3.63) is 39.8 Å². The Bertz CT molecular complexity index is 863. The molecule has 3 aromatic rings. The van der Waals surface area contributed by atoms with Crippen molar-refractivity contribution in [3.8, 4) is 0 Å². The summed E-state index contributed by atoms with van der Waals surface area (Å²) in [6.07, 6.45) is 0. The number of aryl methyl sites for hydroxylation is 1. The molecule has 1 aromatic carbocycles. The highest BCUT2D eigenvalue weighted by Crippen LogP contribution is 2.27. The van der Waals surface area contributed by atoms with E-state index < -0.39 is 5.97 Å². The lowest BCUT2D eigenvalue weighted by Crippen LogP contribution is -2.07. The Morgan fingerprint density at radius 1 is 1.42 bits per heavy atom. The Labute approximate surface area is 112 Å². The van der Waals surface area contributed by atoms with Crippen LogP contribution in [0.15, 0.2) is 23.0 Å². The molecule has 1 N–H and O–H groups in total. The summed E-state index contributed by atoms with van der Waals surface area (Å²) in [5.41, 5.74) is 1.56. The van der Waals surface area contributed by atoms with Crippen molar-refractivity contribution >= 4 is 38.5 Å². The molecule has 96 valence electrons. The molecular weight excluding hydrogens is 264 g/mol. The minimum Gasteiger partial charge on any atom is -0.465 e. The molecule has 0 fully saturated rings. The first-order chi connectivity index (χ1) is 9.11. The fourth-order valence-corrected chi connectivity index (χ4v) is 3.02. The van der Waals surface area contributed by atoms with Gasteiger partial charge in [-0.05, 0) is 30.6 Å². The maximum Gasteiger partial charge on any atom is 0.337 e. The van der Waals surface area contributed by atoms with Gasteiger partial charge in [-0.15, -0.1) is 0 Å². The number of pyridine rings is 1. The Kier molecular flexibility index (Phi) is 2.60. The van der Waals surface area contributed by atoms with Gasteiger partial charge in [-0.2, -0.15) is 4.37 Å². The van der Waals surface area contributed by atoms with Crippen LogP contribution < -0.4 is 5.56 Å². The van der Waals surface area contributed by atoms with Gasteiger partial charge >= 0.3 is 5.97 Å². The van der Waals surface area contributed by atoms with Crippen molar-refractivity contribution in [2.24, 2.45) is 0 Å². The highest BCUT2D eigenvalue weighted by molar-refractivity contribution is 7.14. The van der Waals surface area contributed by atoms with E-state index >= 15 is 0 Å². The number of hydrogen-bond acceptors (Lipinski definition) is 5. The minimum atomic E-state index is -0.427. The SMILES string of the molecule is COC(=O)c1ccc2c(c1)[nH]c(=O)c1c(C)nsc12. The van der Waals surface area contributed by atoms with E-state index in [9.17, 15) is 9.59 Å². The zero-order valence-corrected chi connectivity index (χ0v) is 11.1. The van der Waals surface area contributed by atoms with Crippen molar-refractivity contribution in [1.82, 2.24) is 9.36 Å². The van der Waals surface area contributed by atoms with E-state index in [4.69, 9.17) is 0 Å². The lowest BCUT2D eigenvalue weighted by molar-refractivity contribution is 0.0601. The first-order valence-corrected chi connectivity index (χ1v) is 6.39. The van der Waals surface area contributed by atoms with Gasteiger partial charge in [0.2, 0.25) is 0 Å². The second-order valence-corrected chi connectivity index (χ2v) is 4.95. The molecule has 2 heterocycles. The Hall–Kier alpha value is -2.21. The lowest BCUT2D eigenvalue weighted by Gasteiger charge is -2.03. The molecule has 2 aromatic heterocycles. The van der Waals surface area contributed by atoms with Gasteiger partial charge in [-0.25, -0.2) is 4.79 Å². The third-order valence-corrected chi connectivity index (χ3v) is 4.00. The number of methoxy groups -OCH3 is 1. The monoisotopic (exact) mass is 274 g/mol. The van der Waals surface area contributed by atoms with E-state index in [1.54, 1.807) is 18.2 Å². The Balaban J connectivity index is 2.40. The predicted octanol–water partition coefficient (Wildman–Crippen LogP) is 2.23. The van der Waals surface area contributed by atoms with Crippen LogP contribution >= 0.6 is 11.5 Å². The van der Waals surface area contributed by atoms with Crippen LogP contribution in [0.25, 0.3) is 21.0 Å². The van der Waals surface area contributed by atoms with Crippen LogP contribution in [-0.2, 0) is 4.74 Å². The van der Waals surface area contributed by atoms with Gasteiger partial charge in [-0.1, -0.05) is 6.07 Å². The van der Waals surface area contributed by atoms with E-state index in [2.05, 4.69) is 14.1 Å². The number of nitrogens with one attached hydrogen (secondary N) is 1. The van der Waals surface area contributed by atoms with Crippen LogP contribution in [0.4, 0.5) is 0 Å². The second kappa shape index (κ2) is 4.17. The topological polar surface area (TPSA) is 72.1 Å². The highest BCUT2D eigenvalue weighted by Gasteiger charge is 2.13. The lowest BCUT2D eigenvalue weighted by atomic mass is 10.1. The summed E-state index contributed by atoms with van der Waals surface area (Å²) in [6, 6.07) is 5.11. The van der Waals surface area contributed by atoms with Gasteiger partial charge in [0.25, 0.3) is 5.56 Å². The van der Waals surface area contributed by atoms with Crippen molar-refractivity contribution in [3.63, 3.8) is 0 Å². The number of hydrogen-bond donors (Lipinski definition) is 1. The molecule has 0 bridgehead atoms. The molecule has 0 aliphatic carbocycles. The number of H-pyrrole nitrogens is 1. The maximum atomic E-state index is 12.0. The number of aromatic nitrogens is 2. The molecule has 0 saturated heterocycles. The number of ether oxygens (including phenoxy) is 1. The number of aromatic amines is 1. The average molecular weight is 274 g/mol. The first kappa shape index (κ1) is 11.9. The fraction of sp³-hybridized carbons (Fsp3) is 0.154. The molecule has 5 nitrogen and oxygen atoms in total. The van der Waals surface area contributed by atoms with E-state index in [0.29, 0.717) is 16.5 Å². The van der Waals surface area contributed by atoms with Crippen molar-refractivity contribution in [1.29, 1.82) is 0 Å². The summed E-state index contributed by atoms with van der Waals surface area (Å²) in [5.74, 6) is -0.427. The molecule has 0 saturated carbocycles. The van der Waals surface area contributed by atoms with Gasteiger partial charge in [0.05, 0.1) is 34.0 Å². The minimum absolute atomic E-state index is 0.184. The smallest absolute Gasteiger partial charge is 0.337 e. The van der Waals surface area contributed by atoms with Crippen LogP contribution in [0, 0.1) is 6.92 Å². The second-order valence-electron chi connectivity index (χ2n) is 4.18. The summed E-state index contributed by atoms with van der Waals surface area (Å²) in [7, 11) is 1.32. The Morgan fingerprint density at radius 2 is 2.21 bits per heavy atom. The maximum absolute atomic E-state index is 12.0. The molecule has 0 amide bonds. The highest BCUT2D eigenvalue weighted by atomic mass is 32.1. The van der Waals surface area contributed by atoms with Crippen LogP contribution in [0.1, 0.15) is 16.1 Å². The zero-order chi connectivity index (χ0) is 13.6. The zero-order valence-electron chi connectivity index (χ0n) is 10.3. The number of rotatable bonds is 1. The van der Waals surface area contributed by atoms with Crippen molar-refractivity contribution in [2.45, 2.75) is 6.92 Å². The fourth-order valence-electron chi connectivity index (χ4n) is 2.10. The average Bonchev–Trinajstić information content (AvgIpc) is 2.80. The predicted molar refractivity (Wildman–Crippen MR) is 73.8 cm³/mol. The quantitative estimate of drug-likeness (QED) is 0.691. The summed E-state index contributed by atoms with van der Waals surface area (Å²) >= 11 is 1.29. The molecule has 0 unspecified atom stereocenters. The number of carbonyl (C=O) groups is 1. The van der Waals surface area contributed by atoms with Crippen LogP contribution in [0.3, 0.4) is 0 Å². The third kappa shape index (κ3) is 1.72. The molecule has 19 heavy (non-hydrogen) atoms. The van der Waals surface area contributed by atoms with E-state index in [1.807, 2.05) is 6.92 Å². The molecule has 0 radical (unpaired) electrons. The molecule has 6 heteroatoms. The molecule has 0 aliphatic rings. The number of carbonyl (C=O) groups excluding carboxylic acids is 1. The number of nitrogens with zero attached hydrogens (tertiary/aromatic N) is 1. The molecule has 0 aliphatic heterocycles. The van der Waals surface area contributed by atoms with Crippen LogP contribution in [0.2, 0.25) is 0 Å². The van der Waals surface area contributed by atoms with Gasteiger partial charge in [0.15, 0.2) is 0 Å². The number of esters is 1. The third-order valence-electron chi connectivity index (χ3n) is 3.02. The normalized spacial score (nSPS) is 11.1. The largest absolute Gasteiger partial charge is 0.465 e. The summed E-state index contributed by atoms with van der Waals surface area (Å²) in [6.45, 7) is 1.81. The van der Waals surface area contributed by atoms with Crippen LogP contribution in [0.5, 0.6) is 0 Å². The van der Waals surface area contributed by atoms with Crippen molar-refractivity contribution < 1.29 is 9.53 Å². The van der Waals surface area contributed by atoms with E-state index in [1.165, 1.54) is 18.6 Å². The van der Waals surface area contributed by atoms with E-state index in [-0.39, 0.29) is 5.56 Å².